The Hall–Kier alpha value is -2.03. The van der Waals surface area contributed by atoms with Gasteiger partial charge in [0.05, 0.1) is 0 Å². The first-order valence-electron chi connectivity index (χ1n) is 13.6. The van der Waals surface area contributed by atoms with E-state index >= 15 is 0 Å². The average Bonchev–Trinajstić information content (AvgIpc) is 2.98. The molecule has 199 valence electrons. The Morgan fingerprint density at radius 3 is 2.22 bits per heavy atom. The molecule has 3 nitrogen and oxygen atoms in total. The monoisotopic (exact) mass is 675 g/mol. The van der Waals surface area contributed by atoms with Crippen molar-refractivity contribution < 1.29 is 30.0 Å². The van der Waals surface area contributed by atoms with E-state index in [1.807, 2.05) is 47.6 Å². The number of ketones is 1. The summed E-state index contributed by atoms with van der Waals surface area (Å²) >= 11 is 0. The number of aliphatic hydroxyl groups is 1. The zero-order chi connectivity index (χ0) is 25.8. The number of carbonyl (C=O) groups is 1. The molecule has 1 N–H and O–H groups in total. The van der Waals surface area contributed by atoms with Crippen LogP contribution in [0.25, 0.3) is 21.7 Å². The summed E-state index contributed by atoms with van der Waals surface area (Å²) in [6.07, 6.45) is 10.7. The fourth-order valence-corrected chi connectivity index (χ4v) is 6.57. The summed E-state index contributed by atoms with van der Waals surface area (Å²) in [6.45, 7) is 11.1. The number of hydrogen-bond acceptors (Lipinski definition) is 3. The number of benzene rings is 2. The molecule has 4 aliphatic rings. The fraction of sp³-hybridized carbons (Fsp3) is 0.515. The van der Waals surface area contributed by atoms with Crippen molar-refractivity contribution in [2.45, 2.75) is 85.5 Å². The molecule has 2 atom stereocenters. The van der Waals surface area contributed by atoms with Gasteiger partial charge in [-0.25, -0.2) is 0 Å². The van der Waals surface area contributed by atoms with Gasteiger partial charge in [-0.1, -0.05) is 53.7 Å². The Morgan fingerprint density at radius 2 is 1.59 bits per heavy atom. The van der Waals surface area contributed by atoms with Crippen LogP contribution in [0.3, 0.4) is 0 Å². The molecule has 0 amide bonds. The summed E-state index contributed by atoms with van der Waals surface area (Å²) in [4.78, 5) is 16.4. The Balaban J connectivity index is 0.000000200. The van der Waals surface area contributed by atoms with E-state index in [9.17, 15) is 9.90 Å². The largest absolute Gasteiger partial charge is 0.512 e. The smallest absolute Gasteiger partial charge is 0.164 e. The van der Waals surface area contributed by atoms with Crippen molar-refractivity contribution >= 4 is 27.5 Å². The van der Waals surface area contributed by atoms with Gasteiger partial charge in [-0.3, -0.25) is 4.79 Å². The van der Waals surface area contributed by atoms with Crippen molar-refractivity contribution in [3.63, 3.8) is 0 Å². The molecule has 4 bridgehead atoms. The second kappa shape index (κ2) is 10.3. The van der Waals surface area contributed by atoms with Crippen LogP contribution in [-0.2, 0) is 24.9 Å². The minimum absolute atomic E-state index is 0. The maximum Gasteiger partial charge on any atom is 0.164 e. The van der Waals surface area contributed by atoms with Crippen LogP contribution in [0, 0.1) is 28.7 Å². The quantitative estimate of drug-likeness (QED) is 0.122. The minimum atomic E-state index is -0.417. The van der Waals surface area contributed by atoms with Crippen molar-refractivity contribution in [3.05, 3.63) is 65.6 Å². The molecule has 2 saturated carbocycles. The molecule has 37 heavy (non-hydrogen) atoms. The number of nitrogens with zero attached hydrogens (tertiary/aromatic N) is 1. The van der Waals surface area contributed by atoms with Crippen LogP contribution in [0.4, 0.5) is 0 Å². The summed E-state index contributed by atoms with van der Waals surface area (Å²) in [6, 6.07) is 14.3. The molecule has 0 saturated heterocycles. The number of fused-ring (bicyclic) bond motifs is 3. The normalized spacial score (nSPS) is 24.6. The van der Waals surface area contributed by atoms with Crippen molar-refractivity contribution in [1.82, 2.24) is 4.98 Å². The van der Waals surface area contributed by atoms with Gasteiger partial charge in [-0.05, 0) is 77.8 Å². The molecule has 1 aromatic heterocycles. The standard InChI is InChI=1S/C22H20N.C11H20O2.Ir/c1-2-4-18-15(3-1)5-6-19-21-17-10-13-7-14(11-17)9-16(8-13)20(21)12-23-22(18)19;1-10(2,3)8(12)7-9(13)11(4,5)6;/h1-3,5-6,12-14,16-17H,7-11H2;7,12H,1-6H3;/q-1;;. The van der Waals surface area contributed by atoms with Crippen molar-refractivity contribution in [1.29, 1.82) is 0 Å². The van der Waals surface area contributed by atoms with Crippen LogP contribution in [0.15, 0.2) is 48.4 Å². The number of pyridine rings is 1. The van der Waals surface area contributed by atoms with Gasteiger partial charge in [-0.2, -0.15) is 0 Å². The number of aliphatic hydroxyl groups excluding tert-OH is 1. The second-order valence-corrected chi connectivity index (χ2v) is 13.4. The topological polar surface area (TPSA) is 50.2 Å². The Bertz CT molecular complexity index is 1330. The zero-order valence-corrected chi connectivity index (χ0v) is 25.4. The third-order valence-corrected chi connectivity index (χ3v) is 8.51. The molecule has 3 aromatic rings. The van der Waals surface area contributed by atoms with Crippen LogP contribution >= 0.6 is 0 Å². The molecule has 2 aromatic carbocycles. The van der Waals surface area contributed by atoms with Gasteiger partial charge in [0, 0.05) is 43.2 Å². The van der Waals surface area contributed by atoms with Crippen molar-refractivity contribution in [3.8, 4) is 0 Å². The van der Waals surface area contributed by atoms with Gasteiger partial charge >= 0.3 is 0 Å². The van der Waals surface area contributed by atoms with Crippen LogP contribution < -0.4 is 0 Å². The zero-order valence-electron chi connectivity index (χ0n) is 23.0. The Morgan fingerprint density at radius 1 is 0.946 bits per heavy atom. The molecule has 2 fully saturated rings. The predicted molar refractivity (Wildman–Crippen MR) is 148 cm³/mol. The Kier molecular flexibility index (Phi) is 7.77. The molecule has 0 spiro atoms. The summed E-state index contributed by atoms with van der Waals surface area (Å²) in [5.41, 5.74) is 3.65. The number of carbonyl (C=O) groups excluding carboxylic acids is 1. The van der Waals surface area contributed by atoms with E-state index in [0.29, 0.717) is 0 Å². The van der Waals surface area contributed by atoms with Gasteiger partial charge in [0.25, 0.3) is 0 Å². The first kappa shape index (κ1) is 28.0. The minimum Gasteiger partial charge on any atom is -0.512 e. The predicted octanol–water partition coefficient (Wildman–Crippen LogP) is 8.67. The van der Waals surface area contributed by atoms with E-state index in [4.69, 9.17) is 4.98 Å². The average molecular weight is 675 g/mol. The van der Waals surface area contributed by atoms with Gasteiger partial charge in [0.1, 0.15) is 5.76 Å². The molecule has 2 unspecified atom stereocenters. The number of aromatic nitrogens is 1. The fourth-order valence-electron chi connectivity index (χ4n) is 6.57. The number of allylic oxidation sites excluding steroid dienone is 2. The molecular weight excluding hydrogens is 635 g/mol. The van der Waals surface area contributed by atoms with Gasteiger partial charge in [0.15, 0.2) is 5.78 Å². The van der Waals surface area contributed by atoms with E-state index in [0.717, 1.165) is 23.7 Å². The molecule has 7 rings (SSSR count). The van der Waals surface area contributed by atoms with Crippen molar-refractivity contribution in [2.75, 3.05) is 0 Å². The summed E-state index contributed by atoms with van der Waals surface area (Å²) < 4.78 is 0. The van der Waals surface area contributed by atoms with Crippen LogP contribution in [0.2, 0.25) is 0 Å². The van der Waals surface area contributed by atoms with Crippen LogP contribution in [0.1, 0.15) is 96.6 Å². The van der Waals surface area contributed by atoms with Crippen LogP contribution in [-0.4, -0.2) is 15.9 Å². The molecular formula is C33H40IrNO2-. The van der Waals surface area contributed by atoms with Crippen LogP contribution in [0.5, 0.6) is 0 Å². The Labute approximate surface area is 235 Å². The summed E-state index contributed by atoms with van der Waals surface area (Å²) in [5.74, 6) is 3.58. The first-order chi connectivity index (χ1) is 16.9. The number of hydrogen-bond donors (Lipinski definition) is 1. The van der Waals surface area contributed by atoms with Gasteiger partial charge in [-0.15, -0.1) is 35.0 Å². The third-order valence-electron chi connectivity index (χ3n) is 8.51. The van der Waals surface area contributed by atoms with E-state index in [1.54, 1.807) is 11.1 Å². The summed E-state index contributed by atoms with van der Waals surface area (Å²) in [7, 11) is 0. The second-order valence-electron chi connectivity index (χ2n) is 13.4. The third kappa shape index (κ3) is 5.57. The maximum absolute atomic E-state index is 11.5. The maximum atomic E-state index is 11.5. The molecule has 1 radical (unpaired) electrons. The van der Waals surface area contributed by atoms with Crippen molar-refractivity contribution in [2.24, 2.45) is 22.7 Å². The SMILES string of the molecule is CC(C)(C)C(=O)C=C(O)C(C)(C)C.[Ir].[c-]1cccc2ccc3c4c(cnc3c12)C1CC2CC(C1)CC4C2. The van der Waals surface area contributed by atoms with Gasteiger partial charge < -0.3 is 10.1 Å². The molecule has 4 heteroatoms. The molecule has 1 heterocycles. The first-order valence-corrected chi connectivity index (χ1v) is 13.6. The van der Waals surface area contributed by atoms with Gasteiger partial charge in [0.2, 0.25) is 0 Å². The van der Waals surface area contributed by atoms with E-state index in [1.165, 1.54) is 59.9 Å². The van der Waals surface area contributed by atoms with E-state index < -0.39 is 5.41 Å². The molecule has 0 aliphatic heterocycles. The number of rotatable bonds is 1. The van der Waals surface area contributed by atoms with E-state index in [-0.39, 0.29) is 37.1 Å². The summed E-state index contributed by atoms with van der Waals surface area (Å²) in [5, 5.41) is 13.4. The molecule has 4 aliphatic carbocycles. The van der Waals surface area contributed by atoms with E-state index in [2.05, 4.69) is 36.5 Å².